The second-order valence-electron chi connectivity index (χ2n) is 4.21. The lowest BCUT2D eigenvalue weighted by molar-refractivity contribution is -0.144. The van der Waals surface area contributed by atoms with Gasteiger partial charge in [0, 0.05) is 17.9 Å². The molecule has 0 fully saturated rings. The minimum atomic E-state index is -0.987. The summed E-state index contributed by atoms with van der Waals surface area (Å²) in [5, 5.41) is 12.9. The normalized spacial score (nSPS) is 21.9. The Balaban J connectivity index is 2.31. The predicted molar refractivity (Wildman–Crippen MR) is 66.1 cm³/mol. The number of halogens is 1. The smallest absolute Gasteiger partial charge is 0.324 e. The number of nitrogens with one attached hydrogen (secondary N) is 1. The number of benzene rings is 1. The predicted octanol–water partition coefficient (Wildman–Crippen LogP) is 1.48. The molecule has 1 unspecified atom stereocenters. The number of rotatable bonds is 3. The van der Waals surface area contributed by atoms with E-state index < -0.39 is 11.5 Å². The average molecular weight is 250 g/mol. The number of carboxylic acids is 1. The lowest BCUT2D eigenvalue weighted by Crippen LogP contribution is -2.53. The van der Waals surface area contributed by atoms with Gasteiger partial charge in [-0.3, -0.25) is 10.1 Å². The van der Waals surface area contributed by atoms with E-state index in [1.54, 1.807) is 6.07 Å². The van der Waals surface area contributed by atoms with Crippen LogP contribution in [0.5, 0.6) is 0 Å². The number of hydrogen-bond donors (Lipinski definition) is 2. The van der Waals surface area contributed by atoms with Gasteiger partial charge in [-0.25, -0.2) is 0 Å². The quantitative estimate of drug-likeness (QED) is 0.798. The molecule has 3 nitrogen and oxygen atoms in total. The van der Waals surface area contributed by atoms with Crippen LogP contribution in [-0.2, 0) is 17.6 Å². The highest BCUT2D eigenvalue weighted by atomic mass is 35.5. The van der Waals surface area contributed by atoms with Gasteiger partial charge in [0.05, 0.1) is 6.54 Å². The molecule has 0 saturated heterocycles. The van der Waals surface area contributed by atoms with Crippen LogP contribution in [0.25, 0.3) is 0 Å². The lowest BCUT2D eigenvalue weighted by atomic mass is 9.96. The summed E-state index contributed by atoms with van der Waals surface area (Å²) >= 11 is 5.90. The third-order valence-electron chi connectivity index (χ3n) is 3.09. The zero-order valence-corrected chi connectivity index (χ0v) is 9.92. The highest BCUT2D eigenvalue weighted by molar-refractivity contribution is 6.30. The first-order valence-electron chi connectivity index (χ1n) is 5.26. The number of aliphatic carboxylic acids is 1. The third kappa shape index (κ3) is 2.14. The van der Waals surface area contributed by atoms with E-state index in [0.29, 0.717) is 17.9 Å². The van der Waals surface area contributed by atoms with Crippen molar-refractivity contribution in [3.8, 4) is 12.3 Å². The van der Waals surface area contributed by atoms with E-state index in [4.69, 9.17) is 18.0 Å². The maximum Gasteiger partial charge on any atom is 0.324 e. The molecular weight excluding hydrogens is 238 g/mol. The molecule has 0 spiro atoms. The zero-order chi connectivity index (χ0) is 12.5. The first-order chi connectivity index (χ1) is 8.07. The standard InChI is InChI=1S/C13H12ClNO2/c1-2-5-15-13(12(16)17)7-9-3-4-11(14)6-10(9)8-13/h1,3-4,6,15H,5,7-8H2,(H,16,17). The Labute approximate surface area is 105 Å². The van der Waals surface area contributed by atoms with Gasteiger partial charge in [0.25, 0.3) is 0 Å². The highest BCUT2D eigenvalue weighted by Crippen LogP contribution is 2.32. The Bertz CT molecular complexity index is 507. The van der Waals surface area contributed by atoms with Crippen LogP contribution in [0.3, 0.4) is 0 Å². The zero-order valence-electron chi connectivity index (χ0n) is 9.16. The molecule has 0 bridgehead atoms. The number of terminal acetylenes is 1. The Morgan fingerprint density at radius 3 is 2.88 bits per heavy atom. The topological polar surface area (TPSA) is 49.3 Å². The fraction of sp³-hybridized carbons (Fsp3) is 0.308. The van der Waals surface area contributed by atoms with Gasteiger partial charge in [0.1, 0.15) is 5.54 Å². The molecule has 0 amide bonds. The molecule has 2 N–H and O–H groups in total. The molecule has 17 heavy (non-hydrogen) atoms. The van der Waals surface area contributed by atoms with Crippen molar-refractivity contribution in [3.63, 3.8) is 0 Å². The molecule has 1 aromatic rings. The van der Waals surface area contributed by atoms with Crippen LogP contribution in [0.2, 0.25) is 5.02 Å². The summed E-state index contributed by atoms with van der Waals surface area (Å²) < 4.78 is 0. The maximum absolute atomic E-state index is 11.4. The van der Waals surface area contributed by atoms with Crippen LogP contribution in [0, 0.1) is 12.3 Å². The summed E-state index contributed by atoms with van der Waals surface area (Å²) in [4.78, 5) is 11.4. The van der Waals surface area contributed by atoms with Crippen molar-refractivity contribution < 1.29 is 9.90 Å². The highest BCUT2D eigenvalue weighted by Gasteiger charge is 2.43. The van der Waals surface area contributed by atoms with Gasteiger partial charge in [-0.05, 0) is 23.3 Å². The van der Waals surface area contributed by atoms with E-state index in [1.165, 1.54) is 0 Å². The molecule has 88 valence electrons. The van der Waals surface area contributed by atoms with E-state index in [9.17, 15) is 9.90 Å². The molecule has 1 aliphatic rings. The second-order valence-corrected chi connectivity index (χ2v) is 4.65. The van der Waals surface area contributed by atoms with Crippen molar-refractivity contribution in [2.75, 3.05) is 6.54 Å². The molecule has 1 atom stereocenters. The minimum absolute atomic E-state index is 0.244. The van der Waals surface area contributed by atoms with Crippen LogP contribution >= 0.6 is 11.6 Å². The summed E-state index contributed by atoms with van der Waals surface area (Å²) in [5.74, 6) is 1.54. The molecule has 1 aromatic carbocycles. The maximum atomic E-state index is 11.4. The summed E-state index contributed by atoms with van der Waals surface area (Å²) in [6.45, 7) is 0.244. The van der Waals surface area contributed by atoms with E-state index in [1.807, 2.05) is 12.1 Å². The first kappa shape index (κ1) is 12.0. The third-order valence-corrected chi connectivity index (χ3v) is 3.33. The Hall–Kier alpha value is -1.50. The van der Waals surface area contributed by atoms with Gasteiger partial charge in [0.15, 0.2) is 0 Å². The van der Waals surface area contributed by atoms with E-state index in [0.717, 1.165) is 11.1 Å². The van der Waals surface area contributed by atoms with Crippen LogP contribution in [0.15, 0.2) is 18.2 Å². The monoisotopic (exact) mass is 249 g/mol. The average Bonchev–Trinajstić information content (AvgIpc) is 2.65. The summed E-state index contributed by atoms with van der Waals surface area (Å²) in [5.41, 5.74) is 1.00. The van der Waals surface area contributed by atoms with E-state index in [-0.39, 0.29) is 6.54 Å². The fourth-order valence-corrected chi connectivity index (χ4v) is 2.41. The first-order valence-corrected chi connectivity index (χ1v) is 5.64. The number of fused-ring (bicyclic) bond motifs is 1. The molecule has 1 aliphatic carbocycles. The van der Waals surface area contributed by atoms with Crippen molar-refractivity contribution >= 4 is 17.6 Å². The van der Waals surface area contributed by atoms with Gasteiger partial charge in [-0.1, -0.05) is 23.6 Å². The van der Waals surface area contributed by atoms with Crippen molar-refractivity contribution in [3.05, 3.63) is 34.3 Å². The Morgan fingerprint density at radius 2 is 2.24 bits per heavy atom. The molecule has 4 heteroatoms. The number of carbonyl (C=O) groups is 1. The van der Waals surface area contributed by atoms with Crippen LogP contribution in [-0.4, -0.2) is 23.2 Å². The number of hydrogen-bond acceptors (Lipinski definition) is 2. The summed E-state index contributed by atoms with van der Waals surface area (Å²) in [6, 6.07) is 5.47. The van der Waals surface area contributed by atoms with Crippen LogP contribution < -0.4 is 5.32 Å². The molecule has 0 aromatic heterocycles. The van der Waals surface area contributed by atoms with Gasteiger partial charge < -0.3 is 5.11 Å². The SMILES string of the molecule is C#CCNC1(C(=O)O)Cc2ccc(Cl)cc2C1. The molecular formula is C13H12ClNO2. The second kappa shape index (κ2) is 4.40. The van der Waals surface area contributed by atoms with Gasteiger partial charge in [-0.2, -0.15) is 0 Å². The fourth-order valence-electron chi connectivity index (χ4n) is 2.22. The minimum Gasteiger partial charge on any atom is -0.480 e. The van der Waals surface area contributed by atoms with Gasteiger partial charge in [0.2, 0.25) is 0 Å². The van der Waals surface area contributed by atoms with Crippen molar-refractivity contribution in [2.24, 2.45) is 0 Å². The van der Waals surface area contributed by atoms with Gasteiger partial charge >= 0.3 is 5.97 Å². The van der Waals surface area contributed by atoms with Crippen molar-refractivity contribution in [1.82, 2.24) is 5.32 Å². The summed E-state index contributed by atoms with van der Waals surface area (Å²) in [7, 11) is 0. The molecule has 0 aliphatic heterocycles. The molecule has 0 saturated carbocycles. The van der Waals surface area contributed by atoms with Crippen LogP contribution in [0.1, 0.15) is 11.1 Å². The molecule has 0 radical (unpaired) electrons. The van der Waals surface area contributed by atoms with Crippen LogP contribution in [0.4, 0.5) is 0 Å². The Kier molecular flexibility index (Phi) is 3.10. The largest absolute Gasteiger partial charge is 0.480 e. The molecule has 2 rings (SSSR count). The van der Waals surface area contributed by atoms with Crippen molar-refractivity contribution in [2.45, 2.75) is 18.4 Å². The van der Waals surface area contributed by atoms with Crippen molar-refractivity contribution in [1.29, 1.82) is 0 Å². The number of carboxylic acid groups (broad SMARTS) is 1. The lowest BCUT2D eigenvalue weighted by Gasteiger charge is -2.24. The molecule has 0 heterocycles. The summed E-state index contributed by atoms with van der Waals surface area (Å²) in [6.07, 6.45) is 6.03. The van der Waals surface area contributed by atoms with E-state index >= 15 is 0 Å². The van der Waals surface area contributed by atoms with Gasteiger partial charge in [-0.15, -0.1) is 6.42 Å². The Morgan fingerprint density at radius 1 is 1.53 bits per heavy atom. The van der Waals surface area contributed by atoms with E-state index in [2.05, 4.69) is 11.2 Å².